The van der Waals surface area contributed by atoms with Crippen LogP contribution in [-0.4, -0.2) is 45.4 Å². The van der Waals surface area contributed by atoms with Crippen LogP contribution in [0, 0.1) is 20.2 Å². The molecule has 0 aliphatic heterocycles. The Bertz CT molecular complexity index is 200. The maximum absolute atomic E-state index is 10.3. The Hall–Kier alpha value is -1.28. The monoisotopic (exact) mass is 222 g/mol. The third-order valence-corrected chi connectivity index (χ3v) is 2.09. The average Bonchev–Trinajstić information content (AvgIpc) is 2.17. The first-order valence-electron chi connectivity index (χ1n) is 4.51. The van der Waals surface area contributed by atoms with Crippen LogP contribution in [0.15, 0.2) is 0 Å². The van der Waals surface area contributed by atoms with Crippen molar-refractivity contribution in [2.24, 2.45) is 0 Å². The molecule has 0 aromatic rings. The van der Waals surface area contributed by atoms with E-state index in [4.69, 9.17) is 10.2 Å². The summed E-state index contributed by atoms with van der Waals surface area (Å²) in [7, 11) is 0. The molecule has 0 spiro atoms. The van der Waals surface area contributed by atoms with Crippen LogP contribution >= 0.6 is 0 Å². The molecule has 0 saturated carbocycles. The van der Waals surface area contributed by atoms with E-state index in [1.54, 1.807) is 0 Å². The standard InChI is InChI=1S/C7H14N2O6/c10-4-6(8(12)13)2-1-3-7(5-11)9(14)15/h6-7,10-11H,1-5H2/t6-,7-/m0/s1. The summed E-state index contributed by atoms with van der Waals surface area (Å²) in [5, 5.41) is 37.8. The number of aliphatic hydroxyl groups is 2. The molecule has 0 radical (unpaired) electrons. The third-order valence-electron chi connectivity index (χ3n) is 2.09. The Morgan fingerprint density at radius 1 is 0.933 bits per heavy atom. The molecular formula is C7H14N2O6. The zero-order valence-corrected chi connectivity index (χ0v) is 8.11. The molecule has 15 heavy (non-hydrogen) atoms. The Labute approximate surface area is 85.8 Å². The third kappa shape index (κ3) is 5.23. The molecule has 88 valence electrons. The zero-order valence-electron chi connectivity index (χ0n) is 8.11. The molecule has 0 rings (SSSR count). The van der Waals surface area contributed by atoms with Crippen molar-refractivity contribution < 1.29 is 20.1 Å². The van der Waals surface area contributed by atoms with E-state index < -0.39 is 35.1 Å². The van der Waals surface area contributed by atoms with Gasteiger partial charge in [0.2, 0.25) is 12.1 Å². The van der Waals surface area contributed by atoms with Crippen molar-refractivity contribution in [3.63, 3.8) is 0 Å². The number of hydrogen-bond acceptors (Lipinski definition) is 6. The minimum Gasteiger partial charge on any atom is -0.389 e. The second kappa shape index (κ2) is 7.07. The fourth-order valence-corrected chi connectivity index (χ4v) is 1.12. The second-order valence-electron chi connectivity index (χ2n) is 3.17. The van der Waals surface area contributed by atoms with E-state index in [1.165, 1.54) is 0 Å². The highest BCUT2D eigenvalue weighted by Crippen LogP contribution is 2.08. The van der Waals surface area contributed by atoms with E-state index >= 15 is 0 Å². The van der Waals surface area contributed by atoms with Crippen LogP contribution in [0.25, 0.3) is 0 Å². The van der Waals surface area contributed by atoms with Crippen LogP contribution in [0.2, 0.25) is 0 Å². The Kier molecular flexibility index (Phi) is 6.47. The summed E-state index contributed by atoms with van der Waals surface area (Å²) in [6.45, 7) is -1.15. The summed E-state index contributed by atoms with van der Waals surface area (Å²) in [4.78, 5) is 19.3. The van der Waals surface area contributed by atoms with Gasteiger partial charge in [-0.25, -0.2) is 0 Å². The first-order valence-corrected chi connectivity index (χ1v) is 4.51. The van der Waals surface area contributed by atoms with Crippen LogP contribution in [0.4, 0.5) is 0 Å². The first-order chi connectivity index (χ1) is 7.02. The molecule has 0 aliphatic carbocycles. The molecule has 2 atom stereocenters. The molecule has 2 N–H and O–H groups in total. The van der Waals surface area contributed by atoms with Gasteiger partial charge in [-0.3, -0.25) is 20.2 Å². The highest BCUT2D eigenvalue weighted by Gasteiger charge is 2.22. The largest absolute Gasteiger partial charge is 0.389 e. The molecule has 0 heterocycles. The van der Waals surface area contributed by atoms with Gasteiger partial charge in [0, 0.05) is 22.7 Å². The van der Waals surface area contributed by atoms with Gasteiger partial charge in [0.25, 0.3) is 0 Å². The molecule has 0 aromatic heterocycles. The number of rotatable bonds is 8. The van der Waals surface area contributed by atoms with Crippen LogP contribution in [0.3, 0.4) is 0 Å². The maximum atomic E-state index is 10.3. The van der Waals surface area contributed by atoms with Gasteiger partial charge < -0.3 is 10.2 Å². The predicted molar refractivity (Wildman–Crippen MR) is 49.6 cm³/mol. The molecule has 0 saturated heterocycles. The average molecular weight is 222 g/mol. The van der Waals surface area contributed by atoms with E-state index in [1.807, 2.05) is 0 Å². The minimum absolute atomic E-state index is 0.0772. The Balaban J connectivity index is 3.85. The summed E-state index contributed by atoms with van der Waals surface area (Å²) in [6.07, 6.45) is 0.389. The lowest BCUT2D eigenvalue weighted by atomic mass is 10.1. The first kappa shape index (κ1) is 13.7. The number of hydrogen-bond donors (Lipinski definition) is 2. The van der Waals surface area contributed by atoms with Crippen molar-refractivity contribution in [1.29, 1.82) is 0 Å². The van der Waals surface area contributed by atoms with Crippen LogP contribution < -0.4 is 0 Å². The zero-order chi connectivity index (χ0) is 11.8. The van der Waals surface area contributed by atoms with Crippen molar-refractivity contribution >= 4 is 0 Å². The van der Waals surface area contributed by atoms with E-state index in [0.717, 1.165) is 0 Å². The molecule has 8 heteroatoms. The van der Waals surface area contributed by atoms with E-state index in [-0.39, 0.29) is 19.3 Å². The van der Waals surface area contributed by atoms with Gasteiger partial charge in [-0.15, -0.1) is 0 Å². The van der Waals surface area contributed by atoms with Crippen LogP contribution in [-0.2, 0) is 0 Å². The Morgan fingerprint density at radius 2 is 1.27 bits per heavy atom. The quantitative estimate of drug-likeness (QED) is 0.418. The van der Waals surface area contributed by atoms with E-state index in [9.17, 15) is 20.2 Å². The summed E-state index contributed by atoms with van der Waals surface area (Å²) in [5.41, 5.74) is 0. The SMILES string of the molecule is O=[N+]([O-])[C@H](CO)CCC[C@@H](CO)[N+](=O)[O-]. The lowest BCUT2D eigenvalue weighted by Crippen LogP contribution is -2.26. The molecule has 0 fully saturated rings. The van der Waals surface area contributed by atoms with Crippen LogP contribution in [0.1, 0.15) is 19.3 Å². The summed E-state index contributed by atoms with van der Waals surface area (Å²) in [5.74, 6) is 0. The van der Waals surface area contributed by atoms with E-state index in [2.05, 4.69) is 0 Å². The topological polar surface area (TPSA) is 127 Å². The molecule has 0 bridgehead atoms. The normalized spacial score (nSPS) is 14.5. The van der Waals surface area contributed by atoms with Gasteiger partial charge in [0.1, 0.15) is 13.2 Å². The van der Waals surface area contributed by atoms with Gasteiger partial charge in [-0.05, 0) is 6.42 Å². The molecule has 0 unspecified atom stereocenters. The summed E-state index contributed by atoms with van der Waals surface area (Å²) >= 11 is 0. The molecular weight excluding hydrogens is 208 g/mol. The van der Waals surface area contributed by atoms with Crippen molar-refractivity contribution in [1.82, 2.24) is 0 Å². The molecule has 0 aromatic carbocycles. The van der Waals surface area contributed by atoms with Crippen molar-refractivity contribution in [3.8, 4) is 0 Å². The number of nitro groups is 2. The van der Waals surface area contributed by atoms with Crippen molar-refractivity contribution in [2.75, 3.05) is 13.2 Å². The lowest BCUT2D eigenvalue weighted by molar-refractivity contribution is -0.532. The predicted octanol–water partition coefficient (Wildman–Crippen LogP) is -0.568. The molecule has 8 nitrogen and oxygen atoms in total. The fourth-order valence-electron chi connectivity index (χ4n) is 1.12. The number of nitrogens with zero attached hydrogens (tertiary/aromatic N) is 2. The fraction of sp³-hybridized carbons (Fsp3) is 1.00. The van der Waals surface area contributed by atoms with Gasteiger partial charge in [-0.1, -0.05) is 0 Å². The number of aliphatic hydroxyl groups excluding tert-OH is 2. The van der Waals surface area contributed by atoms with E-state index in [0.29, 0.717) is 0 Å². The van der Waals surface area contributed by atoms with Gasteiger partial charge >= 0.3 is 0 Å². The van der Waals surface area contributed by atoms with Gasteiger partial charge in [0.15, 0.2) is 0 Å². The lowest BCUT2D eigenvalue weighted by Gasteiger charge is -2.08. The molecule has 0 aliphatic rings. The summed E-state index contributed by atoms with van der Waals surface area (Å²) in [6, 6.07) is -2.15. The van der Waals surface area contributed by atoms with Crippen molar-refractivity contribution in [3.05, 3.63) is 20.2 Å². The second-order valence-corrected chi connectivity index (χ2v) is 3.17. The Morgan fingerprint density at radius 3 is 1.47 bits per heavy atom. The highest BCUT2D eigenvalue weighted by molar-refractivity contribution is 4.59. The van der Waals surface area contributed by atoms with Crippen LogP contribution in [0.5, 0.6) is 0 Å². The summed E-state index contributed by atoms with van der Waals surface area (Å²) < 4.78 is 0. The maximum Gasteiger partial charge on any atom is 0.235 e. The molecule has 0 amide bonds. The highest BCUT2D eigenvalue weighted by atomic mass is 16.6. The smallest absolute Gasteiger partial charge is 0.235 e. The minimum atomic E-state index is -1.07. The van der Waals surface area contributed by atoms with Gasteiger partial charge in [-0.2, -0.15) is 0 Å². The van der Waals surface area contributed by atoms with Crippen molar-refractivity contribution in [2.45, 2.75) is 31.3 Å². The van der Waals surface area contributed by atoms with Gasteiger partial charge in [0.05, 0.1) is 0 Å².